The fourth-order valence-corrected chi connectivity index (χ4v) is 2.57. The maximum absolute atomic E-state index is 12.0. The lowest BCUT2D eigenvalue weighted by atomic mass is 10.1. The Morgan fingerprint density at radius 2 is 1.88 bits per heavy atom. The first kappa shape index (κ1) is 19.0. The molecule has 0 heterocycles. The Kier molecular flexibility index (Phi) is 7.01. The highest BCUT2D eigenvalue weighted by molar-refractivity contribution is 9.10. The van der Waals surface area contributed by atoms with Gasteiger partial charge in [0, 0.05) is 36.2 Å². The van der Waals surface area contributed by atoms with E-state index in [1.165, 1.54) is 4.90 Å². The molecule has 25 heavy (non-hydrogen) atoms. The van der Waals surface area contributed by atoms with Crippen molar-refractivity contribution >= 4 is 33.4 Å². The summed E-state index contributed by atoms with van der Waals surface area (Å²) in [6.07, 6.45) is 0.953. The second-order valence-electron chi connectivity index (χ2n) is 5.74. The van der Waals surface area contributed by atoms with Crippen molar-refractivity contribution in [3.8, 4) is 5.75 Å². The topological polar surface area (TPSA) is 58.6 Å². The zero-order valence-corrected chi connectivity index (χ0v) is 15.9. The van der Waals surface area contributed by atoms with Crippen LogP contribution in [-0.2, 0) is 4.79 Å². The van der Waals surface area contributed by atoms with Crippen LogP contribution in [-0.4, -0.2) is 37.4 Å². The number of halogens is 1. The molecule has 0 aliphatic carbocycles. The number of carbonyl (C=O) groups excluding carboxylic acids is 2. The van der Waals surface area contributed by atoms with Gasteiger partial charge in [0.1, 0.15) is 5.75 Å². The number of benzene rings is 2. The molecule has 5 nitrogen and oxygen atoms in total. The third-order valence-corrected chi connectivity index (χ3v) is 3.91. The van der Waals surface area contributed by atoms with E-state index < -0.39 is 0 Å². The number of nitrogens with one attached hydrogen (secondary N) is 1. The summed E-state index contributed by atoms with van der Waals surface area (Å²) in [4.78, 5) is 25.5. The minimum Gasteiger partial charge on any atom is -0.494 e. The number of rotatable bonds is 7. The van der Waals surface area contributed by atoms with Gasteiger partial charge in [-0.2, -0.15) is 0 Å². The van der Waals surface area contributed by atoms with Gasteiger partial charge in [-0.1, -0.05) is 28.1 Å². The number of hydrogen-bond donors (Lipinski definition) is 1. The molecule has 0 aliphatic heterocycles. The molecule has 0 atom stereocenters. The second-order valence-corrected chi connectivity index (χ2v) is 6.65. The van der Waals surface area contributed by atoms with Gasteiger partial charge in [-0.3, -0.25) is 9.59 Å². The largest absolute Gasteiger partial charge is 0.494 e. The smallest absolute Gasteiger partial charge is 0.253 e. The summed E-state index contributed by atoms with van der Waals surface area (Å²) < 4.78 is 6.56. The van der Waals surface area contributed by atoms with Gasteiger partial charge >= 0.3 is 0 Å². The Hall–Kier alpha value is -2.34. The summed E-state index contributed by atoms with van der Waals surface area (Å²) in [6.45, 7) is 0.461. The number of amides is 2. The fraction of sp³-hybridized carbons (Fsp3) is 0.263. The van der Waals surface area contributed by atoms with Crippen molar-refractivity contribution in [1.82, 2.24) is 4.90 Å². The minimum atomic E-state index is -0.104. The van der Waals surface area contributed by atoms with E-state index in [1.54, 1.807) is 38.4 Å². The number of anilines is 1. The summed E-state index contributed by atoms with van der Waals surface area (Å²) in [5.74, 6) is 0.565. The van der Waals surface area contributed by atoms with Gasteiger partial charge in [0.15, 0.2) is 0 Å². The van der Waals surface area contributed by atoms with Crippen molar-refractivity contribution in [1.29, 1.82) is 0 Å². The molecule has 2 aromatic carbocycles. The molecule has 2 aromatic rings. The summed E-state index contributed by atoms with van der Waals surface area (Å²) in [7, 11) is 3.39. The van der Waals surface area contributed by atoms with Gasteiger partial charge < -0.3 is 15.0 Å². The molecule has 0 saturated heterocycles. The van der Waals surface area contributed by atoms with Crippen LogP contribution in [0.5, 0.6) is 5.75 Å². The van der Waals surface area contributed by atoms with Crippen LogP contribution < -0.4 is 10.1 Å². The Labute approximate surface area is 156 Å². The van der Waals surface area contributed by atoms with Crippen molar-refractivity contribution in [2.45, 2.75) is 12.8 Å². The minimum absolute atomic E-state index is 0.0986. The second kappa shape index (κ2) is 9.22. The third kappa shape index (κ3) is 6.23. The Bertz CT molecular complexity index is 747. The predicted molar refractivity (Wildman–Crippen MR) is 102 cm³/mol. The van der Waals surface area contributed by atoms with E-state index in [2.05, 4.69) is 21.2 Å². The Morgan fingerprint density at radius 1 is 1.12 bits per heavy atom. The SMILES string of the molecule is CN(C)C(=O)c1cccc(NC(=O)CCCOc2cccc(Br)c2)c1. The molecule has 0 fully saturated rings. The summed E-state index contributed by atoms with van der Waals surface area (Å²) in [5, 5.41) is 2.81. The summed E-state index contributed by atoms with van der Waals surface area (Å²) in [6, 6.07) is 14.5. The molecule has 132 valence electrons. The summed E-state index contributed by atoms with van der Waals surface area (Å²) in [5.41, 5.74) is 1.16. The van der Waals surface area contributed by atoms with Crippen LogP contribution in [0, 0.1) is 0 Å². The monoisotopic (exact) mass is 404 g/mol. The maximum Gasteiger partial charge on any atom is 0.253 e. The standard InChI is InChI=1S/C19H21BrN2O3/c1-22(2)19(24)14-6-3-8-16(12-14)21-18(23)10-5-11-25-17-9-4-7-15(20)13-17/h3-4,6-9,12-13H,5,10-11H2,1-2H3,(H,21,23). The van der Waals surface area contributed by atoms with Crippen molar-refractivity contribution in [3.63, 3.8) is 0 Å². The first-order valence-electron chi connectivity index (χ1n) is 7.95. The highest BCUT2D eigenvalue weighted by Gasteiger charge is 2.09. The van der Waals surface area contributed by atoms with Crippen LogP contribution in [0.3, 0.4) is 0 Å². The Morgan fingerprint density at radius 3 is 2.60 bits per heavy atom. The molecular weight excluding hydrogens is 384 g/mol. The van der Waals surface area contributed by atoms with Crippen LogP contribution in [0.1, 0.15) is 23.2 Å². The van der Waals surface area contributed by atoms with Gasteiger partial charge in [-0.15, -0.1) is 0 Å². The zero-order chi connectivity index (χ0) is 18.2. The molecule has 0 bridgehead atoms. The number of carbonyl (C=O) groups is 2. The molecule has 2 amide bonds. The highest BCUT2D eigenvalue weighted by atomic mass is 79.9. The van der Waals surface area contributed by atoms with Gasteiger partial charge in [0.2, 0.25) is 5.91 Å². The molecule has 1 N–H and O–H groups in total. The van der Waals surface area contributed by atoms with Gasteiger partial charge in [-0.25, -0.2) is 0 Å². The number of nitrogens with zero attached hydrogens (tertiary/aromatic N) is 1. The normalized spacial score (nSPS) is 10.2. The van der Waals surface area contributed by atoms with Crippen molar-refractivity contribution in [3.05, 3.63) is 58.6 Å². The maximum atomic E-state index is 12.0. The highest BCUT2D eigenvalue weighted by Crippen LogP contribution is 2.18. The molecule has 0 radical (unpaired) electrons. The third-order valence-electron chi connectivity index (χ3n) is 3.41. The lowest BCUT2D eigenvalue weighted by molar-refractivity contribution is -0.116. The van der Waals surface area contributed by atoms with E-state index in [0.717, 1.165) is 10.2 Å². The first-order chi connectivity index (χ1) is 12.0. The Balaban J connectivity index is 1.78. The van der Waals surface area contributed by atoms with Crippen LogP contribution in [0.25, 0.3) is 0 Å². The van der Waals surface area contributed by atoms with E-state index in [9.17, 15) is 9.59 Å². The zero-order valence-electron chi connectivity index (χ0n) is 14.3. The van der Waals surface area contributed by atoms with Gasteiger partial charge in [-0.05, 0) is 42.8 Å². The fourth-order valence-electron chi connectivity index (χ4n) is 2.19. The lowest BCUT2D eigenvalue weighted by Crippen LogP contribution is -2.22. The molecule has 0 aromatic heterocycles. The summed E-state index contributed by atoms with van der Waals surface area (Å²) >= 11 is 3.39. The van der Waals surface area contributed by atoms with E-state index in [0.29, 0.717) is 30.7 Å². The number of ether oxygens (including phenoxy) is 1. The van der Waals surface area contributed by atoms with Crippen molar-refractivity contribution in [2.75, 3.05) is 26.0 Å². The van der Waals surface area contributed by atoms with Crippen LogP contribution in [0.2, 0.25) is 0 Å². The molecule has 0 unspecified atom stereocenters. The molecule has 6 heteroatoms. The van der Waals surface area contributed by atoms with E-state index in [4.69, 9.17) is 4.74 Å². The van der Waals surface area contributed by atoms with Gasteiger partial charge in [0.25, 0.3) is 5.91 Å². The van der Waals surface area contributed by atoms with Crippen LogP contribution in [0.4, 0.5) is 5.69 Å². The molecule has 0 spiro atoms. The number of hydrogen-bond acceptors (Lipinski definition) is 3. The average molecular weight is 405 g/mol. The lowest BCUT2D eigenvalue weighted by Gasteiger charge is -2.12. The van der Waals surface area contributed by atoms with Crippen LogP contribution >= 0.6 is 15.9 Å². The average Bonchev–Trinajstić information content (AvgIpc) is 2.58. The van der Waals surface area contributed by atoms with Crippen LogP contribution in [0.15, 0.2) is 53.0 Å². The van der Waals surface area contributed by atoms with Crippen molar-refractivity contribution in [2.24, 2.45) is 0 Å². The van der Waals surface area contributed by atoms with Crippen molar-refractivity contribution < 1.29 is 14.3 Å². The quantitative estimate of drug-likeness (QED) is 0.710. The predicted octanol–water partition coefficient (Wildman–Crippen LogP) is 3.95. The molecule has 2 rings (SSSR count). The van der Waals surface area contributed by atoms with E-state index in [-0.39, 0.29) is 11.8 Å². The molecule has 0 aliphatic rings. The molecule has 0 saturated carbocycles. The first-order valence-corrected chi connectivity index (χ1v) is 8.75. The van der Waals surface area contributed by atoms with E-state index in [1.807, 2.05) is 24.3 Å². The molecular formula is C19H21BrN2O3. The van der Waals surface area contributed by atoms with Gasteiger partial charge in [0.05, 0.1) is 6.61 Å². The van der Waals surface area contributed by atoms with E-state index >= 15 is 0 Å².